The lowest BCUT2D eigenvalue weighted by molar-refractivity contribution is -0.161. The summed E-state index contributed by atoms with van der Waals surface area (Å²) < 4.78 is 52.3. The lowest BCUT2D eigenvalue weighted by Gasteiger charge is -2.46. The molecule has 5 fully saturated rings. The Morgan fingerprint density at radius 3 is 1.93 bits per heavy atom. The second kappa shape index (κ2) is 38.5. The third-order valence-corrected chi connectivity index (χ3v) is 21.1. The Labute approximate surface area is 603 Å². The lowest BCUT2D eigenvalue weighted by Crippen LogP contribution is -2.65. The Morgan fingerprint density at radius 2 is 1.36 bits per heavy atom. The van der Waals surface area contributed by atoms with Crippen LogP contribution in [-0.4, -0.2) is 264 Å². The summed E-state index contributed by atoms with van der Waals surface area (Å²) in [6.07, 6.45) is 2.88. The molecule has 2 aliphatic carbocycles. The van der Waals surface area contributed by atoms with Crippen molar-refractivity contribution in [1.82, 2.24) is 60.5 Å². The maximum absolute atomic E-state index is 15.2. The van der Waals surface area contributed by atoms with E-state index in [1.165, 1.54) is 89.8 Å². The quantitative estimate of drug-likeness (QED) is 0.0552. The van der Waals surface area contributed by atoms with E-state index in [4.69, 9.17) is 9.47 Å². The number of esters is 1. The molecular weight excluding hydrogens is 1340 g/mol. The number of halogens is 3. The number of rotatable bonds is 35. The van der Waals surface area contributed by atoms with Crippen molar-refractivity contribution in [2.45, 2.75) is 224 Å². The molecule has 1 aromatic rings. The predicted octanol–water partition coefficient (Wildman–Crippen LogP) is 3.98. The van der Waals surface area contributed by atoms with Crippen LogP contribution in [0.1, 0.15) is 168 Å². The van der Waals surface area contributed by atoms with Gasteiger partial charge in [-0.05, 0) is 107 Å². The first-order valence-electron chi connectivity index (χ1n) is 36.6. The first kappa shape index (κ1) is 83.8. The minimum absolute atomic E-state index is 0.0385. The SMILES string of the molecule is C=CCOC(=O)CC[C@H](NC(=O)CN(C)C(=O)[C@H](Cc1ccc(C(F)(F)F)cc1)N(CCC)C(=O)[C@@H]1CCN1C(=O)[C@H](C)N(C)C(=O)[C@@H](NC(=O)[C@H](CC(C)C)N(C)C(=O)C[C@@H](C(=O)N1CCOCC1)N(C)C(=O)CC1CCCC1)[C@@H](C)CC)C(=O)N1CCC[C@H]1C(=O)NC1(C(=O)NC)CCCC1. The van der Waals surface area contributed by atoms with E-state index in [9.17, 15) is 65.9 Å². The molecule has 4 N–H and O–H groups in total. The van der Waals surface area contributed by atoms with Gasteiger partial charge in [0.1, 0.15) is 60.5 Å². The molecule has 3 saturated heterocycles. The zero-order valence-corrected chi connectivity index (χ0v) is 62.1. The fraction of sp³-hybridized carbons (Fsp3) is 0.712. The number of hydrogen-bond donors (Lipinski definition) is 4. The van der Waals surface area contributed by atoms with E-state index in [2.05, 4.69) is 27.8 Å². The average Bonchev–Trinajstić information content (AvgIpc) is 0.824. The number of amides is 12. The molecule has 0 unspecified atom stereocenters. The van der Waals surface area contributed by atoms with Crippen molar-refractivity contribution >= 4 is 76.9 Å². The van der Waals surface area contributed by atoms with Gasteiger partial charge in [0.05, 0.1) is 31.7 Å². The first-order chi connectivity index (χ1) is 48.7. The molecule has 0 bridgehead atoms. The lowest BCUT2D eigenvalue weighted by atomic mass is 9.94. The molecule has 0 radical (unpaired) electrons. The first-order valence-corrected chi connectivity index (χ1v) is 36.6. The summed E-state index contributed by atoms with van der Waals surface area (Å²) in [5.41, 5.74) is -1.95. The molecule has 3 heterocycles. The van der Waals surface area contributed by atoms with Gasteiger partial charge in [0.25, 0.3) is 0 Å². The van der Waals surface area contributed by atoms with E-state index >= 15 is 9.59 Å². The molecular formula is C73H111F3N12O15. The van der Waals surface area contributed by atoms with Crippen LogP contribution in [0.5, 0.6) is 0 Å². The standard InChI is InChI=1S/C73H111F3N12O15/c1-13-33-86(57(42-50-24-26-51(27-25-50)73(74,75)76)67(97)81(9)45-58(89)78-52(28-29-61(92)103-38-14-2)66(96)87-34-20-23-53(87)64(94)80-72(71(101)77-8)31-18-19-32-72)69(99)54-30-35-88(54)65(95)48(7)82(10)70(100)62(47(6)15-3)79-63(93)55(41-46(4)5)83(11)60(91)44-56(68(98)85-36-39-102-40-37-85)84(12)59(90)43-49-21-16-17-22-49/h14,24-27,46-49,52-57,62H,2,13,15-23,28-45H2,1,3-12H3,(H,77,101)(H,78,89)(H,79,93)(H,80,94)/t47-,48-,52-,53-,54-,55-,56-,57-,62-/m0/s1. The van der Waals surface area contributed by atoms with Gasteiger partial charge in [-0.2, -0.15) is 13.2 Å². The van der Waals surface area contributed by atoms with Gasteiger partial charge >= 0.3 is 12.1 Å². The molecule has 6 rings (SSSR count). The number of nitrogens with one attached hydrogen (secondary N) is 4. The number of benzene rings is 1. The topological polar surface area (TPSA) is 314 Å². The number of likely N-dealkylation sites (N-methyl/N-ethyl adjacent to an activating group) is 5. The van der Waals surface area contributed by atoms with Crippen LogP contribution >= 0.6 is 0 Å². The van der Waals surface area contributed by atoms with Gasteiger partial charge < -0.3 is 69.9 Å². The molecule has 9 atom stereocenters. The van der Waals surface area contributed by atoms with Crippen molar-refractivity contribution in [1.29, 1.82) is 0 Å². The number of carbonyl (C=O) groups excluding carboxylic acids is 13. The van der Waals surface area contributed by atoms with Crippen LogP contribution in [0.4, 0.5) is 13.2 Å². The minimum atomic E-state index is -4.72. The number of hydrogen-bond acceptors (Lipinski definition) is 15. The number of alkyl halides is 3. The molecule has 103 heavy (non-hydrogen) atoms. The monoisotopic (exact) mass is 1450 g/mol. The van der Waals surface area contributed by atoms with Crippen LogP contribution in [0.15, 0.2) is 36.9 Å². The molecule has 5 aliphatic rings. The van der Waals surface area contributed by atoms with Crippen LogP contribution in [0, 0.1) is 17.8 Å². The second-order valence-electron chi connectivity index (χ2n) is 28.8. The van der Waals surface area contributed by atoms with Crippen LogP contribution in [0.25, 0.3) is 0 Å². The Hall–Kier alpha value is -8.18. The summed E-state index contributed by atoms with van der Waals surface area (Å²) in [5.74, 6) is -8.59. The van der Waals surface area contributed by atoms with Crippen molar-refractivity contribution in [2.24, 2.45) is 17.8 Å². The van der Waals surface area contributed by atoms with Crippen molar-refractivity contribution < 1.29 is 85.0 Å². The highest BCUT2D eigenvalue weighted by molar-refractivity contribution is 6.00. The summed E-state index contributed by atoms with van der Waals surface area (Å²) in [7, 11) is 7.09. The van der Waals surface area contributed by atoms with E-state index in [1.807, 2.05) is 20.8 Å². The van der Waals surface area contributed by atoms with Crippen LogP contribution in [-0.2, 0) is 84.4 Å². The molecule has 0 spiro atoms. The molecule has 3 aliphatic heterocycles. The number of likely N-dealkylation sites (tertiary alicyclic amines) is 2. The van der Waals surface area contributed by atoms with Gasteiger partial charge in [-0.3, -0.25) is 62.3 Å². The maximum atomic E-state index is 15.2. The van der Waals surface area contributed by atoms with Gasteiger partial charge in [0.2, 0.25) is 70.9 Å². The summed E-state index contributed by atoms with van der Waals surface area (Å²) in [4.78, 5) is 196. The Bertz CT molecular complexity index is 3170. The Morgan fingerprint density at radius 1 is 0.728 bits per heavy atom. The zero-order chi connectivity index (χ0) is 76.2. The second-order valence-corrected chi connectivity index (χ2v) is 28.8. The minimum Gasteiger partial charge on any atom is -0.461 e. The normalized spacial score (nSPS) is 19.4. The van der Waals surface area contributed by atoms with Gasteiger partial charge in [0, 0.05) is 87.2 Å². The molecule has 0 aromatic heterocycles. The summed E-state index contributed by atoms with van der Waals surface area (Å²) in [6.45, 7) is 14.3. The molecule has 2 saturated carbocycles. The highest BCUT2D eigenvalue weighted by atomic mass is 19.4. The number of ether oxygens (including phenoxy) is 2. The van der Waals surface area contributed by atoms with E-state index < -0.39 is 150 Å². The maximum Gasteiger partial charge on any atom is 0.416 e. The largest absolute Gasteiger partial charge is 0.461 e. The fourth-order valence-electron chi connectivity index (χ4n) is 14.4. The van der Waals surface area contributed by atoms with Crippen molar-refractivity contribution in [3.63, 3.8) is 0 Å². The van der Waals surface area contributed by atoms with Gasteiger partial charge in [-0.1, -0.05) is 91.5 Å². The molecule has 27 nitrogen and oxygen atoms in total. The van der Waals surface area contributed by atoms with Crippen LogP contribution in [0.3, 0.4) is 0 Å². The molecule has 30 heteroatoms. The van der Waals surface area contributed by atoms with Gasteiger partial charge in [0.15, 0.2) is 0 Å². The summed E-state index contributed by atoms with van der Waals surface area (Å²) in [6, 6.07) is -6.03. The Balaban J connectivity index is 1.20. The number of nitrogens with zero attached hydrogens (tertiary/aromatic N) is 8. The summed E-state index contributed by atoms with van der Waals surface area (Å²) >= 11 is 0. The Kier molecular flexibility index (Phi) is 31.3. The van der Waals surface area contributed by atoms with E-state index in [0.29, 0.717) is 51.7 Å². The molecule has 12 amide bonds. The fourth-order valence-corrected chi connectivity index (χ4v) is 14.4. The third-order valence-electron chi connectivity index (χ3n) is 21.1. The van der Waals surface area contributed by atoms with Gasteiger partial charge in [-0.15, -0.1) is 0 Å². The molecule has 574 valence electrons. The van der Waals surface area contributed by atoms with E-state index in [0.717, 1.165) is 42.7 Å². The van der Waals surface area contributed by atoms with Crippen LogP contribution in [0.2, 0.25) is 0 Å². The van der Waals surface area contributed by atoms with Crippen molar-refractivity contribution in [3.05, 3.63) is 48.0 Å². The van der Waals surface area contributed by atoms with Crippen molar-refractivity contribution in [2.75, 3.05) is 94.3 Å². The summed E-state index contributed by atoms with van der Waals surface area (Å²) in [5, 5.41) is 11.1. The third kappa shape index (κ3) is 22.0. The van der Waals surface area contributed by atoms with E-state index in [-0.39, 0.29) is 120 Å². The number of carbonyl (C=O) groups is 13. The number of morpholine rings is 1. The average molecular weight is 1450 g/mol. The highest BCUT2D eigenvalue weighted by Crippen LogP contribution is 2.34. The molecule has 1 aromatic carbocycles. The highest BCUT2D eigenvalue weighted by Gasteiger charge is 2.49. The predicted molar refractivity (Wildman–Crippen MR) is 374 cm³/mol. The van der Waals surface area contributed by atoms with Gasteiger partial charge in [-0.25, -0.2) is 0 Å². The smallest absolute Gasteiger partial charge is 0.416 e. The zero-order valence-electron chi connectivity index (χ0n) is 62.1. The van der Waals surface area contributed by atoms with Crippen molar-refractivity contribution in [3.8, 4) is 0 Å². The van der Waals surface area contributed by atoms with Crippen LogP contribution < -0.4 is 21.3 Å². The van der Waals surface area contributed by atoms with E-state index in [1.54, 1.807) is 18.7 Å².